The molecule has 0 unspecified atom stereocenters. The summed E-state index contributed by atoms with van der Waals surface area (Å²) in [6.07, 6.45) is 2.42. The Morgan fingerprint density at radius 2 is 2.00 bits per heavy atom. The van der Waals surface area contributed by atoms with E-state index in [1.54, 1.807) is 25.3 Å². The highest BCUT2D eigenvalue weighted by Crippen LogP contribution is 2.42. The average Bonchev–Trinajstić information content (AvgIpc) is 3.41. The summed E-state index contributed by atoms with van der Waals surface area (Å²) < 4.78 is 40.8. The monoisotopic (exact) mass is 366 g/mol. The van der Waals surface area contributed by atoms with Crippen LogP contribution < -0.4 is 15.9 Å². The minimum absolute atomic E-state index is 0.0509. The third kappa shape index (κ3) is 2.89. The number of anilines is 1. The van der Waals surface area contributed by atoms with Crippen molar-refractivity contribution in [3.8, 4) is 5.75 Å². The maximum absolute atomic E-state index is 14.5. The number of aromatic nitrogens is 1. The summed E-state index contributed by atoms with van der Waals surface area (Å²) in [5.41, 5.74) is 4.07. The lowest BCUT2D eigenvalue weighted by Crippen LogP contribution is -2.23. The standard InChI is InChI=1S/C18H20F2N2O4/c1-4-25-18(24)10-7-22(9-5-6-9)15-11(16(10)23)14(21)12(19)13(20)17(15)26-8(2)3/h7-9H,4-6,21H2,1-3H3. The van der Waals surface area contributed by atoms with Gasteiger partial charge in [-0.05, 0) is 33.6 Å². The highest BCUT2D eigenvalue weighted by atomic mass is 19.2. The van der Waals surface area contributed by atoms with Crippen LogP contribution in [0.2, 0.25) is 0 Å². The number of ether oxygens (including phenoxy) is 2. The maximum atomic E-state index is 14.5. The second-order valence-electron chi connectivity index (χ2n) is 6.49. The lowest BCUT2D eigenvalue weighted by Gasteiger charge is -2.20. The van der Waals surface area contributed by atoms with Gasteiger partial charge in [-0.15, -0.1) is 0 Å². The largest absolute Gasteiger partial charge is 0.486 e. The lowest BCUT2D eigenvalue weighted by atomic mass is 10.1. The number of carbonyl (C=O) groups excluding carboxylic acids is 1. The van der Waals surface area contributed by atoms with Crippen LogP contribution in [0, 0.1) is 11.6 Å². The van der Waals surface area contributed by atoms with Crippen molar-refractivity contribution in [2.75, 3.05) is 12.3 Å². The Labute approximate surface area is 148 Å². The topological polar surface area (TPSA) is 83.6 Å². The smallest absolute Gasteiger partial charge is 0.343 e. The average molecular weight is 366 g/mol. The molecule has 2 N–H and O–H groups in total. The highest BCUT2D eigenvalue weighted by molar-refractivity contribution is 6.00. The van der Waals surface area contributed by atoms with E-state index in [0.717, 1.165) is 12.8 Å². The van der Waals surface area contributed by atoms with Crippen LogP contribution in [0.25, 0.3) is 10.9 Å². The van der Waals surface area contributed by atoms with Crippen molar-refractivity contribution < 1.29 is 23.0 Å². The molecule has 26 heavy (non-hydrogen) atoms. The number of fused-ring (bicyclic) bond motifs is 1. The molecule has 1 aliphatic carbocycles. The third-order valence-electron chi connectivity index (χ3n) is 4.14. The Bertz CT molecular complexity index is 949. The zero-order valence-electron chi connectivity index (χ0n) is 14.8. The van der Waals surface area contributed by atoms with Gasteiger partial charge < -0.3 is 19.8 Å². The maximum Gasteiger partial charge on any atom is 0.343 e. The van der Waals surface area contributed by atoms with Gasteiger partial charge in [0.1, 0.15) is 11.1 Å². The van der Waals surface area contributed by atoms with Crippen LogP contribution >= 0.6 is 0 Å². The molecule has 0 bridgehead atoms. The summed E-state index contributed by atoms with van der Waals surface area (Å²) in [6, 6.07) is -0.0509. The molecule has 3 rings (SSSR count). The van der Waals surface area contributed by atoms with Crippen LogP contribution in [0.3, 0.4) is 0 Å². The Morgan fingerprint density at radius 3 is 2.54 bits per heavy atom. The molecule has 1 aromatic carbocycles. The Kier molecular flexibility index (Phi) is 4.60. The molecule has 0 spiro atoms. The number of nitrogens with zero attached hydrogens (tertiary/aromatic N) is 1. The minimum atomic E-state index is -1.37. The molecule has 1 saturated carbocycles. The van der Waals surface area contributed by atoms with Gasteiger partial charge >= 0.3 is 5.97 Å². The van der Waals surface area contributed by atoms with E-state index in [-0.39, 0.29) is 34.9 Å². The van der Waals surface area contributed by atoms with Crippen molar-refractivity contribution in [2.45, 2.75) is 45.8 Å². The number of carbonyl (C=O) groups is 1. The molecule has 0 aliphatic heterocycles. The zero-order valence-corrected chi connectivity index (χ0v) is 14.8. The normalized spacial score (nSPS) is 14.1. The fourth-order valence-electron chi connectivity index (χ4n) is 2.88. The Hall–Kier alpha value is -2.64. The van der Waals surface area contributed by atoms with Crippen molar-refractivity contribution in [2.24, 2.45) is 0 Å². The number of pyridine rings is 1. The van der Waals surface area contributed by atoms with Crippen molar-refractivity contribution >= 4 is 22.6 Å². The molecule has 2 aromatic rings. The fourth-order valence-corrected chi connectivity index (χ4v) is 2.88. The van der Waals surface area contributed by atoms with Gasteiger partial charge in [0.25, 0.3) is 0 Å². The third-order valence-corrected chi connectivity index (χ3v) is 4.14. The van der Waals surface area contributed by atoms with Crippen LogP contribution in [0.5, 0.6) is 5.75 Å². The predicted molar refractivity (Wildman–Crippen MR) is 92.5 cm³/mol. The van der Waals surface area contributed by atoms with E-state index in [1.807, 2.05) is 0 Å². The summed E-state index contributed by atoms with van der Waals surface area (Å²) in [5, 5.41) is -0.267. The van der Waals surface area contributed by atoms with Gasteiger partial charge in [0.15, 0.2) is 11.6 Å². The predicted octanol–water partition coefficient (Wildman–Crippen LogP) is 3.16. The number of hydrogen-bond acceptors (Lipinski definition) is 5. The molecule has 6 nitrogen and oxygen atoms in total. The number of nitrogens with two attached hydrogens (primary N) is 1. The van der Waals surface area contributed by atoms with E-state index < -0.39 is 34.8 Å². The first kappa shape index (κ1) is 18.2. The van der Waals surface area contributed by atoms with Gasteiger partial charge in [0.2, 0.25) is 11.2 Å². The summed E-state index contributed by atoms with van der Waals surface area (Å²) in [6.45, 7) is 5.00. The molecular weight excluding hydrogens is 346 g/mol. The van der Waals surface area contributed by atoms with Crippen LogP contribution in [0.1, 0.15) is 50.0 Å². The van der Waals surface area contributed by atoms with Crippen LogP contribution in [-0.2, 0) is 4.74 Å². The van der Waals surface area contributed by atoms with Crippen LogP contribution in [-0.4, -0.2) is 23.2 Å². The molecule has 0 saturated heterocycles. The van der Waals surface area contributed by atoms with E-state index in [2.05, 4.69) is 0 Å². The number of hydrogen-bond donors (Lipinski definition) is 1. The summed E-state index contributed by atoms with van der Waals surface area (Å²) in [7, 11) is 0. The van der Waals surface area contributed by atoms with Gasteiger partial charge in [0.05, 0.1) is 23.8 Å². The van der Waals surface area contributed by atoms with Crippen LogP contribution in [0.4, 0.5) is 14.5 Å². The summed E-state index contributed by atoms with van der Waals surface area (Å²) in [4.78, 5) is 25.0. The van der Waals surface area contributed by atoms with Gasteiger partial charge in [0, 0.05) is 12.2 Å². The zero-order chi connectivity index (χ0) is 19.2. The van der Waals surface area contributed by atoms with E-state index in [4.69, 9.17) is 15.2 Å². The molecule has 1 fully saturated rings. The number of halogens is 2. The number of nitrogen functional groups attached to an aromatic ring is 1. The van der Waals surface area contributed by atoms with Crippen molar-refractivity contribution in [1.29, 1.82) is 0 Å². The van der Waals surface area contributed by atoms with E-state index >= 15 is 0 Å². The first-order chi connectivity index (χ1) is 12.3. The molecule has 8 heteroatoms. The van der Waals surface area contributed by atoms with Gasteiger partial charge in [-0.1, -0.05) is 0 Å². The lowest BCUT2D eigenvalue weighted by molar-refractivity contribution is 0.0524. The van der Waals surface area contributed by atoms with Gasteiger partial charge in [-0.2, -0.15) is 4.39 Å². The Balaban J connectivity index is 2.45. The first-order valence-corrected chi connectivity index (χ1v) is 8.46. The minimum Gasteiger partial charge on any atom is -0.486 e. The number of esters is 1. The van der Waals surface area contributed by atoms with Crippen molar-refractivity contribution in [3.05, 3.63) is 33.6 Å². The molecule has 1 aromatic heterocycles. The van der Waals surface area contributed by atoms with Crippen molar-refractivity contribution in [1.82, 2.24) is 4.57 Å². The van der Waals surface area contributed by atoms with E-state index in [9.17, 15) is 18.4 Å². The van der Waals surface area contributed by atoms with Gasteiger partial charge in [-0.25, -0.2) is 9.18 Å². The number of rotatable bonds is 5. The molecule has 1 aliphatic rings. The summed E-state index contributed by atoms with van der Waals surface area (Å²) >= 11 is 0. The Morgan fingerprint density at radius 1 is 1.35 bits per heavy atom. The van der Waals surface area contributed by atoms with E-state index in [0.29, 0.717) is 0 Å². The fraction of sp³-hybridized carbons (Fsp3) is 0.444. The van der Waals surface area contributed by atoms with E-state index in [1.165, 1.54) is 6.20 Å². The first-order valence-electron chi connectivity index (χ1n) is 8.46. The quantitative estimate of drug-likeness (QED) is 0.649. The van der Waals surface area contributed by atoms with Gasteiger partial charge in [-0.3, -0.25) is 4.79 Å². The number of benzene rings is 1. The second kappa shape index (κ2) is 6.59. The summed E-state index contributed by atoms with van der Waals surface area (Å²) in [5.74, 6) is -3.82. The molecular formula is C18H20F2N2O4. The molecule has 0 atom stereocenters. The van der Waals surface area contributed by atoms with Crippen molar-refractivity contribution in [3.63, 3.8) is 0 Å². The SMILES string of the molecule is CCOC(=O)c1cn(C2CC2)c2c(OC(C)C)c(F)c(F)c(N)c2c1=O. The second-order valence-corrected chi connectivity index (χ2v) is 6.49. The molecule has 0 radical (unpaired) electrons. The molecule has 0 amide bonds. The van der Waals surface area contributed by atoms with Crippen LogP contribution in [0.15, 0.2) is 11.0 Å². The molecule has 140 valence electrons. The molecule has 1 heterocycles. The highest BCUT2D eigenvalue weighted by Gasteiger charge is 2.32.